The van der Waals surface area contributed by atoms with Gasteiger partial charge in [0.15, 0.2) is 0 Å². The summed E-state index contributed by atoms with van der Waals surface area (Å²) in [7, 11) is 1.34. The first-order valence-electron chi connectivity index (χ1n) is 5.31. The van der Waals surface area contributed by atoms with E-state index in [1.54, 1.807) is 0 Å². The summed E-state index contributed by atoms with van der Waals surface area (Å²) in [4.78, 5) is 27.4. The zero-order chi connectivity index (χ0) is 11.4. The van der Waals surface area contributed by atoms with E-state index >= 15 is 0 Å². The molecule has 4 heteroatoms. The number of imide groups is 1. The Morgan fingerprint density at radius 2 is 2.00 bits per heavy atom. The summed E-state index contributed by atoms with van der Waals surface area (Å²) in [5, 5.41) is 0.872. The van der Waals surface area contributed by atoms with E-state index in [2.05, 4.69) is 0 Å². The highest BCUT2D eigenvalue weighted by Gasteiger charge is 2.43. The average Bonchev–Trinajstić information content (AvgIpc) is 2.43. The van der Waals surface area contributed by atoms with Gasteiger partial charge in [-0.3, -0.25) is 14.4 Å². The first-order valence-corrected chi connectivity index (χ1v) is 5.31. The normalized spacial score (nSPS) is 28.6. The van der Waals surface area contributed by atoms with Gasteiger partial charge in [0.2, 0.25) is 0 Å². The molecule has 1 aliphatic heterocycles. The van der Waals surface area contributed by atoms with Crippen LogP contribution < -0.4 is 0 Å². The summed E-state index contributed by atoms with van der Waals surface area (Å²) < 4.78 is 0. The smallest absolute Gasteiger partial charge is 0.257 e. The number of carbonyl (C=O) groups excluding carboxylic acids is 2. The van der Waals surface area contributed by atoms with Crippen LogP contribution in [0.25, 0.3) is 0 Å². The Kier molecular flexibility index (Phi) is 4.03. The van der Waals surface area contributed by atoms with Gasteiger partial charge in [0.25, 0.3) is 11.8 Å². The van der Waals surface area contributed by atoms with Crippen molar-refractivity contribution in [1.29, 1.82) is 0 Å². The summed E-state index contributed by atoms with van der Waals surface area (Å²) >= 11 is 0. The number of hydroxylamine groups is 2. The third-order valence-electron chi connectivity index (χ3n) is 2.63. The minimum atomic E-state index is -0.224. The van der Waals surface area contributed by atoms with Crippen molar-refractivity contribution in [2.75, 3.05) is 7.11 Å². The highest BCUT2D eigenvalue weighted by molar-refractivity contribution is 6.02. The molecule has 15 heavy (non-hydrogen) atoms. The van der Waals surface area contributed by atoms with E-state index in [0.717, 1.165) is 11.5 Å². The first-order chi connectivity index (χ1) is 7.24. The lowest BCUT2D eigenvalue weighted by molar-refractivity contribution is -0.180. The van der Waals surface area contributed by atoms with Crippen LogP contribution in [-0.4, -0.2) is 24.0 Å². The molecule has 0 radical (unpaired) electrons. The second kappa shape index (κ2) is 5.07. The molecule has 0 aromatic carbocycles. The fourth-order valence-corrected chi connectivity index (χ4v) is 1.75. The highest BCUT2D eigenvalue weighted by atomic mass is 16.7. The second-order valence-electron chi connectivity index (χ2n) is 3.35. The molecule has 1 fully saturated rings. The Balaban J connectivity index is 0.000000531. The molecule has 0 bridgehead atoms. The Bertz CT molecular complexity index is 286. The van der Waals surface area contributed by atoms with Gasteiger partial charge in [-0.15, -0.1) is 0 Å². The number of carbonyl (C=O) groups is 2. The van der Waals surface area contributed by atoms with Crippen molar-refractivity contribution < 1.29 is 14.4 Å². The van der Waals surface area contributed by atoms with Crippen LogP contribution in [-0.2, 0) is 14.4 Å². The maximum atomic E-state index is 11.5. The molecule has 1 unspecified atom stereocenters. The summed E-state index contributed by atoms with van der Waals surface area (Å²) in [5.41, 5.74) is 0. The Labute approximate surface area is 89.8 Å². The number of nitrogens with zero attached hydrogens (tertiary/aromatic N) is 1. The molecule has 0 aromatic heterocycles. The summed E-state index contributed by atoms with van der Waals surface area (Å²) in [6.45, 7) is 4.00. The molecule has 0 aromatic rings. The predicted molar refractivity (Wildman–Crippen MR) is 55.6 cm³/mol. The maximum Gasteiger partial charge on any atom is 0.257 e. The zero-order valence-electron chi connectivity index (χ0n) is 9.40. The Hall–Kier alpha value is -1.16. The number of amides is 2. The van der Waals surface area contributed by atoms with E-state index in [9.17, 15) is 9.59 Å². The van der Waals surface area contributed by atoms with Crippen molar-refractivity contribution in [3.05, 3.63) is 12.2 Å². The number of rotatable bonds is 2. The SMILES string of the molecule is CC.CON1C(=O)CC([C@@H]2C=CC2)C1=O. The molecule has 1 aliphatic carbocycles. The van der Waals surface area contributed by atoms with Gasteiger partial charge < -0.3 is 0 Å². The summed E-state index contributed by atoms with van der Waals surface area (Å²) in [6, 6.07) is 0. The van der Waals surface area contributed by atoms with Gasteiger partial charge in [-0.2, -0.15) is 5.06 Å². The third-order valence-corrected chi connectivity index (χ3v) is 2.63. The van der Waals surface area contributed by atoms with Crippen molar-refractivity contribution in [2.24, 2.45) is 11.8 Å². The highest BCUT2D eigenvalue weighted by Crippen LogP contribution is 2.34. The van der Waals surface area contributed by atoms with Crippen LogP contribution >= 0.6 is 0 Å². The molecule has 1 heterocycles. The average molecular weight is 211 g/mol. The standard InChI is InChI=1S/C9H11NO3.C2H6/c1-13-10-8(11)5-7(9(10)12)6-3-2-4-6;1-2/h2-3,6-7H,4-5H2,1H3;1-2H3/t6-,7?;/m1./s1. The zero-order valence-corrected chi connectivity index (χ0v) is 9.40. The topological polar surface area (TPSA) is 46.6 Å². The van der Waals surface area contributed by atoms with Crippen LogP contribution in [0.5, 0.6) is 0 Å². The van der Waals surface area contributed by atoms with Gasteiger partial charge in [0.05, 0.1) is 13.0 Å². The number of hydrogen-bond acceptors (Lipinski definition) is 3. The van der Waals surface area contributed by atoms with E-state index in [0.29, 0.717) is 6.42 Å². The second-order valence-corrected chi connectivity index (χ2v) is 3.35. The molecular formula is C11H17NO3. The Morgan fingerprint density at radius 3 is 2.33 bits per heavy atom. The van der Waals surface area contributed by atoms with E-state index in [4.69, 9.17) is 4.84 Å². The minimum Gasteiger partial charge on any atom is -0.272 e. The molecule has 84 valence electrons. The molecule has 2 amide bonds. The van der Waals surface area contributed by atoms with Crippen LogP contribution in [0.2, 0.25) is 0 Å². The van der Waals surface area contributed by atoms with Crippen molar-refractivity contribution in [2.45, 2.75) is 26.7 Å². The van der Waals surface area contributed by atoms with Gasteiger partial charge in [-0.25, -0.2) is 0 Å². The minimum absolute atomic E-state index is 0.183. The van der Waals surface area contributed by atoms with Crippen LogP contribution in [0.4, 0.5) is 0 Å². The van der Waals surface area contributed by atoms with Gasteiger partial charge in [-0.1, -0.05) is 26.0 Å². The van der Waals surface area contributed by atoms with Gasteiger partial charge in [-0.05, 0) is 12.3 Å². The van der Waals surface area contributed by atoms with Crippen molar-refractivity contribution in [1.82, 2.24) is 5.06 Å². The van der Waals surface area contributed by atoms with E-state index in [-0.39, 0.29) is 23.7 Å². The van der Waals surface area contributed by atoms with Gasteiger partial charge in [0.1, 0.15) is 0 Å². The molecule has 2 aliphatic rings. The number of allylic oxidation sites excluding steroid dienone is 2. The molecule has 0 spiro atoms. The van der Waals surface area contributed by atoms with Crippen LogP contribution in [0.15, 0.2) is 12.2 Å². The van der Waals surface area contributed by atoms with E-state index in [1.807, 2.05) is 26.0 Å². The van der Waals surface area contributed by atoms with Gasteiger partial charge >= 0.3 is 0 Å². The predicted octanol–water partition coefficient (Wildman–Crippen LogP) is 1.53. The lowest BCUT2D eigenvalue weighted by Crippen LogP contribution is -2.31. The van der Waals surface area contributed by atoms with Crippen LogP contribution in [0, 0.1) is 11.8 Å². The van der Waals surface area contributed by atoms with Crippen molar-refractivity contribution >= 4 is 11.8 Å². The third kappa shape index (κ3) is 2.09. The quantitative estimate of drug-likeness (QED) is 0.514. The molecular weight excluding hydrogens is 194 g/mol. The summed E-state index contributed by atoms with van der Waals surface area (Å²) in [5.74, 6) is -0.353. The fourth-order valence-electron chi connectivity index (χ4n) is 1.75. The van der Waals surface area contributed by atoms with Crippen LogP contribution in [0.1, 0.15) is 26.7 Å². The molecule has 4 nitrogen and oxygen atoms in total. The van der Waals surface area contributed by atoms with Crippen molar-refractivity contribution in [3.63, 3.8) is 0 Å². The monoisotopic (exact) mass is 211 g/mol. The summed E-state index contributed by atoms with van der Waals surface area (Å²) in [6.07, 6.45) is 5.19. The van der Waals surface area contributed by atoms with Crippen molar-refractivity contribution in [3.8, 4) is 0 Å². The fraction of sp³-hybridized carbons (Fsp3) is 0.636. The van der Waals surface area contributed by atoms with Crippen LogP contribution in [0.3, 0.4) is 0 Å². The molecule has 2 atom stereocenters. The molecule has 0 N–H and O–H groups in total. The maximum absolute atomic E-state index is 11.5. The number of hydrogen-bond donors (Lipinski definition) is 0. The van der Waals surface area contributed by atoms with E-state index < -0.39 is 0 Å². The first kappa shape index (κ1) is 11.9. The van der Waals surface area contributed by atoms with Gasteiger partial charge in [0, 0.05) is 6.42 Å². The largest absolute Gasteiger partial charge is 0.272 e. The lowest BCUT2D eigenvalue weighted by Gasteiger charge is -2.22. The molecule has 0 saturated carbocycles. The Morgan fingerprint density at radius 1 is 1.40 bits per heavy atom. The molecule has 2 rings (SSSR count). The van der Waals surface area contributed by atoms with E-state index in [1.165, 1.54) is 7.11 Å². The molecule has 1 saturated heterocycles. The lowest BCUT2D eigenvalue weighted by atomic mass is 9.82.